The average Bonchev–Trinajstić information content (AvgIpc) is 2.99. The van der Waals surface area contributed by atoms with Crippen LogP contribution in [0.4, 0.5) is 0 Å². The molecule has 0 fully saturated rings. The number of carbonyl (C=O) groups is 1. The van der Waals surface area contributed by atoms with Crippen LogP contribution in [0.15, 0.2) is 52.4 Å². The van der Waals surface area contributed by atoms with Gasteiger partial charge in [0.2, 0.25) is 0 Å². The van der Waals surface area contributed by atoms with Gasteiger partial charge in [0, 0.05) is 16.5 Å². The van der Waals surface area contributed by atoms with E-state index in [2.05, 4.69) is 16.5 Å². The van der Waals surface area contributed by atoms with Crippen LogP contribution in [-0.2, 0) is 11.3 Å². The summed E-state index contributed by atoms with van der Waals surface area (Å²) in [4.78, 5) is 18.5. The molecule has 3 rings (SSSR count). The molecule has 4 nitrogen and oxygen atoms in total. The van der Waals surface area contributed by atoms with Crippen molar-refractivity contribution in [3.05, 3.63) is 52.3 Å². The number of amides is 1. The Morgan fingerprint density at radius 2 is 2.04 bits per heavy atom. The first kappa shape index (κ1) is 19.0. The molecule has 136 valence electrons. The quantitative estimate of drug-likeness (QED) is 0.541. The fourth-order valence-corrected chi connectivity index (χ4v) is 4.49. The van der Waals surface area contributed by atoms with Gasteiger partial charge in [-0.05, 0) is 42.8 Å². The van der Waals surface area contributed by atoms with Gasteiger partial charge in [-0.25, -0.2) is 0 Å². The fourth-order valence-electron chi connectivity index (χ4n) is 2.59. The standard InChI is InChI=1S/C19H19ClN2O2S2/c1-3-11-22-18-15(24-2)5-4-6-16(18)26-19(22)21-17(23)12-25-14-9-7-13(20)8-10-14/h4-10H,3,11-12H2,1-2H3. The van der Waals surface area contributed by atoms with Crippen LogP contribution in [0.3, 0.4) is 0 Å². The number of methoxy groups -OCH3 is 1. The van der Waals surface area contributed by atoms with E-state index in [9.17, 15) is 4.79 Å². The monoisotopic (exact) mass is 406 g/mol. The first-order chi connectivity index (χ1) is 12.6. The molecule has 0 bridgehead atoms. The van der Waals surface area contributed by atoms with Crippen molar-refractivity contribution in [2.24, 2.45) is 4.99 Å². The van der Waals surface area contributed by atoms with Crippen LogP contribution in [0.2, 0.25) is 5.02 Å². The number of hydrogen-bond acceptors (Lipinski definition) is 4. The smallest absolute Gasteiger partial charge is 0.258 e. The number of thioether (sulfide) groups is 1. The SMILES string of the molecule is CCCn1c(=NC(=O)CSc2ccc(Cl)cc2)sc2cccc(OC)c21. The molecule has 7 heteroatoms. The van der Waals surface area contributed by atoms with Gasteiger partial charge in [-0.2, -0.15) is 4.99 Å². The maximum atomic E-state index is 12.4. The molecular weight excluding hydrogens is 388 g/mol. The van der Waals surface area contributed by atoms with Gasteiger partial charge >= 0.3 is 0 Å². The maximum absolute atomic E-state index is 12.4. The van der Waals surface area contributed by atoms with Crippen LogP contribution in [0.1, 0.15) is 13.3 Å². The highest BCUT2D eigenvalue weighted by molar-refractivity contribution is 8.00. The molecular formula is C19H19ClN2O2S2. The van der Waals surface area contributed by atoms with Gasteiger partial charge in [0.05, 0.1) is 17.6 Å². The zero-order valence-corrected chi connectivity index (χ0v) is 17.0. The largest absolute Gasteiger partial charge is 0.495 e. The molecule has 26 heavy (non-hydrogen) atoms. The number of ether oxygens (including phenoxy) is 1. The topological polar surface area (TPSA) is 43.6 Å². The van der Waals surface area contributed by atoms with E-state index in [4.69, 9.17) is 16.3 Å². The number of halogens is 1. The fraction of sp³-hybridized carbons (Fsp3) is 0.263. The normalized spacial score (nSPS) is 11.9. The molecule has 0 aliphatic rings. The summed E-state index contributed by atoms with van der Waals surface area (Å²) in [6.45, 7) is 2.89. The molecule has 0 atom stereocenters. The van der Waals surface area contributed by atoms with Gasteiger partial charge in [-0.3, -0.25) is 4.79 Å². The van der Waals surface area contributed by atoms with Crippen molar-refractivity contribution < 1.29 is 9.53 Å². The van der Waals surface area contributed by atoms with Crippen molar-refractivity contribution in [1.82, 2.24) is 4.57 Å². The Balaban J connectivity index is 1.89. The summed E-state index contributed by atoms with van der Waals surface area (Å²) < 4.78 is 8.63. The minimum Gasteiger partial charge on any atom is -0.495 e. The van der Waals surface area contributed by atoms with E-state index in [-0.39, 0.29) is 5.91 Å². The molecule has 0 saturated heterocycles. The number of nitrogens with zero attached hydrogens (tertiary/aromatic N) is 2. The molecule has 1 aromatic heterocycles. The van der Waals surface area contributed by atoms with Gasteiger partial charge in [0.25, 0.3) is 5.91 Å². The van der Waals surface area contributed by atoms with Gasteiger partial charge in [0.15, 0.2) is 4.80 Å². The van der Waals surface area contributed by atoms with Crippen molar-refractivity contribution in [2.75, 3.05) is 12.9 Å². The summed E-state index contributed by atoms with van der Waals surface area (Å²) in [5, 5.41) is 0.685. The summed E-state index contributed by atoms with van der Waals surface area (Å²) >= 11 is 8.86. The molecule has 0 spiro atoms. The summed E-state index contributed by atoms with van der Waals surface area (Å²) in [5.74, 6) is 0.941. The molecule has 0 N–H and O–H groups in total. The van der Waals surface area contributed by atoms with Crippen molar-refractivity contribution >= 4 is 50.8 Å². The molecule has 1 heterocycles. The van der Waals surface area contributed by atoms with E-state index in [0.29, 0.717) is 15.6 Å². The lowest BCUT2D eigenvalue weighted by atomic mass is 10.3. The lowest BCUT2D eigenvalue weighted by molar-refractivity contribution is -0.115. The van der Waals surface area contributed by atoms with Crippen LogP contribution < -0.4 is 9.54 Å². The van der Waals surface area contributed by atoms with Crippen molar-refractivity contribution in [3.63, 3.8) is 0 Å². The molecule has 0 unspecified atom stereocenters. The third-order valence-corrected chi connectivity index (χ3v) is 6.02. The third kappa shape index (κ3) is 4.31. The second kappa shape index (κ2) is 8.75. The number of aryl methyl sites for hydroxylation is 1. The van der Waals surface area contributed by atoms with Crippen LogP contribution in [0.5, 0.6) is 5.75 Å². The Hall–Kier alpha value is -1.76. The van der Waals surface area contributed by atoms with Crippen LogP contribution in [-0.4, -0.2) is 23.3 Å². The highest BCUT2D eigenvalue weighted by atomic mass is 35.5. The Morgan fingerprint density at radius 3 is 2.73 bits per heavy atom. The van der Waals surface area contributed by atoms with E-state index >= 15 is 0 Å². The molecule has 1 amide bonds. The zero-order chi connectivity index (χ0) is 18.5. The van der Waals surface area contributed by atoms with E-state index in [0.717, 1.165) is 33.8 Å². The van der Waals surface area contributed by atoms with Gasteiger partial charge in [-0.15, -0.1) is 11.8 Å². The Labute approximate surface area is 165 Å². The van der Waals surface area contributed by atoms with Gasteiger partial charge < -0.3 is 9.30 Å². The van der Waals surface area contributed by atoms with Crippen molar-refractivity contribution in [2.45, 2.75) is 24.8 Å². The number of carbonyl (C=O) groups excluding carboxylic acids is 1. The van der Waals surface area contributed by atoms with E-state index in [1.54, 1.807) is 7.11 Å². The number of fused-ring (bicyclic) bond motifs is 1. The minimum absolute atomic E-state index is 0.152. The van der Waals surface area contributed by atoms with Crippen molar-refractivity contribution in [1.29, 1.82) is 0 Å². The lowest BCUT2D eigenvalue weighted by Gasteiger charge is -2.07. The number of thiazole rings is 1. The Kier molecular flexibility index (Phi) is 6.40. The van der Waals surface area contributed by atoms with Crippen LogP contribution >= 0.6 is 34.7 Å². The van der Waals surface area contributed by atoms with Crippen LogP contribution in [0, 0.1) is 0 Å². The number of para-hydroxylation sites is 1. The number of aromatic nitrogens is 1. The number of hydrogen-bond donors (Lipinski definition) is 0. The predicted octanol–water partition coefficient (Wildman–Crippen LogP) is 4.99. The molecule has 0 saturated carbocycles. The summed E-state index contributed by atoms with van der Waals surface area (Å²) in [5.41, 5.74) is 0.999. The maximum Gasteiger partial charge on any atom is 0.258 e. The van der Waals surface area contributed by atoms with Crippen molar-refractivity contribution in [3.8, 4) is 5.75 Å². The van der Waals surface area contributed by atoms with E-state index in [1.165, 1.54) is 23.1 Å². The predicted molar refractivity (Wildman–Crippen MR) is 109 cm³/mol. The molecule has 3 aromatic rings. The Bertz CT molecular complexity index is 977. The zero-order valence-electron chi connectivity index (χ0n) is 14.6. The highest BCUT2D eigenvalue weighted by Crippen LogP contribution is 2.27. The number of benzene rings is 2. The second-order valence-corrected chi connectivity index (χ2v) is 8.09. The number of rotatable bonds is 6. The Morgan fingerprint density at radius 1 is 1.27 bits per heavy atom. The molecule has 0 radical (unpaired) electrons. The summed E-state index contributed by atoms with van der Waals surface area (Å²) in [6, 6.07) is 13.4. The first-order valence-corrected chi connectivity index (χ1v) is 10.4. The van der Waals surface area contributed by atoms with Crippen LogP contribution in [0.25, 0.3) is 10.2 Å². The molecule has 0 aliphatic carbocycles. The summed E-state index contributed by atoms with van der Waals surface area (Å²) in [6.07, 6.45) is 0.949. The van der Waals surface area contributed by atoms with E-state index in [1.807, 2.05) is 42.5 Å². The third-order valence-electron chi connectivity index (χ3n) is 3.73. The lowest BCUT2D eigenvalue weighted by Crippen LogP contribution is -2.17. The molecule has 2 aromatic carbocycles. The molecule has 0 aliphatic heterocycles. The van der Waals surface area contributed by atoms with Gasteiger partial charge in [-0.1, -0.05) is 35.9 Å². The van der Waals surface area contributed by atoms with Gasteiger partial charge in [0.1, 0.15) is 11.3 Å². The second-order valence-electron chi connectivity index (χ2n) is 5.59. The minimum atomic E-state index is -0.152. The first-order valence-electron chi connectivity index (χ1n) is 8.24. The average molecular weight is 407 g/mol. The van der Waals surface area contributed by atoms with E-state index < -0.39 is 0 Å². The summed E-state index contributed by atoms with van der Waals surface area (Å²) in [7, 11) is 1.66. The highest BCUT2D eigenvalue weighted by Gasteiger charge is 2.12.